The number of hydrogen-bond donors (Lipinski definition) is 1. The van der Waals surface area contributed by atoms with Gasteiger partial charge in [-0.2, -0.15) is 0 Å². The van der Waals surface area contributed by atoms with Crippen molar-refractivity contribution in [3.63, 3.8) is 0 Å². The van der Waals surface area contributed by atoms with Gasteiger partial charge in [0.1, 0.15) is 0 Å². The molecule has 0 saturated carbocycles. The standard InChI is InChI=1S/C22H27ClN2O/c1-17(19-7-3-2-4-8-19)15-24-22(26)20-10-12-25(13-11-20)16-18-6-5-9-21(23)14-18/h2-9,14,17,20H,10-13,15-16H2,1H3,(H,24,26)/t17-/m0/s1. The van der Waals surface area contributed by atoms with Crippen LogP contribution in [0.25, 0.3) is 0 Å². The van der Waals surface area contributed by atoms with Gasteiger partial charge in [-0.1, -0.05) is 61.0 Å². The van der Waals surface area contributed by atoms with Crippen LogP contribution in [0.4, 0.5) is 0 Å². The molecule has 1 aliphatic heterocycles. The number of nitrogens with one attached hydrogen (secondary N) is 1. The molecule has 4 heteroatoms. The molecule has 0 spiro atoms. The number of amides is 1. The molecule has 138 valence electrons. The molecule has 3 rings (SSSR count). The number of halogens is 1. The average Bonchev–Trinajstić information content (AvgIpc) is 2.67. The van der Waals surface area contributed by atoms with E-state index in [0.717, 1.165) is 37.5 Å². The smallest absolute Gasteiger partial charge is 0.223 e. The highest BCUT2D eigenvalue weighted by Crippen LogP contribution is 2.21. The summed E-state index contributed by atoms with van der Waals surface area (Å²) in [6, 6.07) is 18.4. The molecule has 1 fully saturated rings. The van der Waals surface area contributed by atoms with E-state index >= 15 is 0 Å². The number of carbonyl (C=O) groups is 1. The lowest BCUT2D eigenvalue weighted by atomic mass is 9.95. The molecule has 0 bridgehead atoms. The molecule has 1 aliphatic rings. The van der Waals surface area contributed by atoms with E-state index in [2.05, 4.69) is 35.3 Å². The van der Waals surface area contributed by atoms with Gasteiger partial charge in [-0.15, -0.1) is 0 Å². The van der Waals surface area contributed by atoms with Gasteiger partial charge in [-0.05, 0) is 55.1 Å². The number of benzene rings is 2. The minimum atomic E-state index is 0.133. The number of nitrogens with zero attached hydrogens (tertiary/aromatic N) is 1. The molecule has 0 unspecified atom stereocenters. The molecule has 1 amide bonds. The molecular weight excluding hydrogens is 344 g/mol. The fourth-order valence-corrected chi connectivity index (χ4v) is 3.76. The van der Waals surface area contributed by atoms with Crippen LogP contribution in [0.2, 0.25) is 5.02 Å². The summed E-state index contributed by atoms with van der Waals surface area (Å²) >= 11 is 6.06. The third-order valence-electron chi connectivity index (χ3n) is 5.20. The fourth-order valence-electron chi connectivity index (χ4n) is 3.54. The van der Waals surface area contributed by atoms with Gasteiger partial charge in [-0.25, -0.2) is 0 Å². The third-order valence-corrected chi connectivity index (χ3v) is 5.44. The molecule has 1 saturated heterocycles. The molecule has 0 aliphatic carbocycles. The highest BCUT2D eigenvalue weighted by molar-refractivity contribution is 6.30. The molecule has 0 radical (unpaired) electrons. The minimum Gasteiger partial charge on any atom is -0.355 e. The number of likely N-dealkylation sites (tertiary alicyclic amines) is 1. The second-order valence-electron chi connectivity index (χ2n) is 7.24. The first-order valence-corrected chi connectivity index (χ1v) is 9.79. The van der Waals surface area contributed by atoms with E-state index in [0.29, 0.717) is 12.5 Å². The highest BCUT2D eigenvalue weighted by atomic mass is 35.5. The number of hydrogen-bond acceptors (Lipinski definition) is 2. The van der Waals surface area contributed by atoms with Crippen LogP contribution in [0.1, 0.15) is 36.8 Å². The predicted octanol–water partition coefficient (Wildman–Crippen LogP) is 4.47. The zero-order chi connectivity index (χ0) is 18.4. The van der Waals surface area contributed by atoms with Crippen LogP contribution in [0.3, 0.4) is 0 Å². The molecule has 1 N–H and O–H groups in total. The molecular formula is C22H27ClN2O. The summed E-state index contributed by atoms with van der Waals surface area (Å²) in [5, 5.41) is 3.93. The van der Waals surface area contributed by atoms with Crippen LogP contribution in [0, 0.1) is 5.92 Å². The van der Waals surface area contributed by atoms with E-state index in [4.69, 9.17) is 11.6 Å². The van der Waals surface area contributed by atoms with Gasteiger partial charge < -0.3 is 5.32 Å². The van der Waals surface area contributed by atoms with Crippen molar-refractivity contribution in [3.8, 4) is 0 Å². The van der Waals surface area contributed by atoms with Crippen molar-refractivity contribution < 1.29 is 4.79 Å². The summed E-state index contributed by atoms with van der Waals surface area (Å²) in [5.41, 5.74) is 2.50. The van der Waals surface area contributed by atoms with Gasteiger partial charge in [0.15, 0.2) is 0 Å². The Balaban J connectivity index is 1.42. The molecule has 2 aromatic carbocycles. The Kier molecular flexibility index (Phi) is 6.70. The average molecular weight is 371 g/mol. The molecule has 0 aromatic heterocycles. The van der Waals surface area contributed by atoms with Crippen molar-refractivity contribution in [2.24, 2.45) is 5.92 Å². The van der Waals surface area contributed by atoms with Crippen molar-refractivity contribution in [2.75, 3.05) is 19.6 Å². The largest absolute Gasteiger partial charge is 0.355 e. The van der Waals surface area contributed by atoms with Gasteiger partial charge in [0.2, 0.25) is 5.91 Å². The summed E-state index contributed by atoms with van der Waals surface area (Å²) in [4.78, 5) is 14.9. The van der Waals surface area contributed by atoms with E-state index in [1.165, 1.54) is 11.1 Å². The number of rotatable bonds is 6. The summed E-state index contributed by atoms with van der Waals surface area (Å²) in [6.45, 7) is 5.67. The van der Waals surface area contributed by atoms with Crippen LogP contribution in [-0.4, -0.2) is 30.4 Å². The summed E-state index contributed by atoms with van der Waals surface area (Å²) < 4.78 is 0. The molecule has 2 aromatic rings. The molecule has 3 nitrogen and oxygen atoms in total. The predicted molar refractivity (Wildman–Crippen MR) is 107 cm³/mol. The first-order chi connectivity index (χ1) is 12.6. The Hall–Kier alpha value is -1.84. The normalized spacial score (nSPS) is 17.0. The van der Waals surface area contributed by atoms with Crippen molar-refractivity contribution in [1.29, 1.82) is 0 Å². The summed E-state index contributed by atoms with van der Waals surface area (Å²) in [5.74, 6) is 0.673. The lowest BCUT2D eigenvalue weighted by Gasteiger charge is -2.31. The second kappa shape index (κ2) is 9.20. The lowest BCUT2D eigenvalue weighted by Crippen LogP contribution is -2.41. The van der Waals surface area contributed by atoms with Gasteiger partial charge >= 0.3 is 0 Å². The summed E-state index contributed by atoms with van der Waals surface area (Å²) in [7, 11) is 0. The summed E-state index contributed by atoms with van der Waals surface area (Å²) in [6.07, 6.45) is 1.85. The topological polar surface area (TPSA) is 32.3 Å². The van der Waals surface area contributed by atoms with E-state index in [-0.39, 0.29) is 11.8 Å². The quantitative estimate of drug-likeness (QED) is 0.813. The van der Waals surface area contributed by atoms with E-state index in [9.17, 15) is 4.79 Å². The van der Waals surface area contributed by atoms with Gasteiger partial charge in [-0.3, -0.25) is 9.69 Å². The van der Waals surface area contributed by atoms with Crippen molar-refractivity contribution in [3.05, 3.63) is 70.7 Å². The monoisotopic (exact) mass is 370 g/mol. The zero-order valence-corrected chi connectivity index (χ0v) is 16.1. The maximum Gasteiger partial charge on any atom is 0.223 e. The second-order valence-corrected chi connectivity index (χ2v) is 7.67. The third kappa shape index (κ3) is 5.33. The van der Waals surface area contributed by atoms with Crippen LogP contribution in [-0.2, 0) is 11.3 Å². The first-order valence-electron chi connectivity index (χ1n) is 9.41. The van der Waals surface area contributed by atoms with Crippen LogP contribution in [0.15, 0.2) is 54.6 Å². The molecule has 26 heavy (non-hydrogen) atoms. The Bertz CT molecular complexity index is 711. The van der Waals surface area contributed by atoms with Crippen LogP contribution < -0.4 is 5.32 Å². The first kappa shape index (κ1) is 18.9. The van der Waals surface area contributed by atoms with Crippen LogP contribution in [0.5, 0.6) is 0 Å². The lowest BCUT2D eigenvalue weighted by molar-refractivity contribution is -0.126. The number of carbonyl (C=O) groups excluding carboxylic acids is 1. The Morgan fingerprint density at radius 3 is 2.58 bits per heavy atom. The molecule has 1 atom stereocenters. The van der Waals surface area contributed by atoms with Crippen LogP contribution >= 0.6 is 11.6 Å². The van der Waals surface area contributed by atoms with E-state index < -0.39 is 0 Å². The van der Waals surface area contributed by atoms with Gasteiger partial charge in [0.05, 0.1) is 0 Å². The fraction of sp³-hybridized carbons (Fsp3) is 0.409. The van der Waals surface area contributed by atoms with Gasteiger partial charge in [0.25, 0.3) is 0 Å². The maximum atomic E-state index is 12.5. The molecule has 1 heterocycles. The Labute approximate surface area is 161 Å². The highest BCUT2D eigenvalue weighted by Gasteiger charge is 2.25. The number of piperidine rings is 1. The SMILES string of the molecule is C[C@@H](CNC(=O)C1CCN(Cc2cccc(Cl)c2)CC1)c1ccccc1. The van der Waals surface area contributed by atoms with Gasteiger partial charge in [0, 0.05) is 24.0 Å². The van der Waals surface area contributed by atoms with Crippen molar-refractivity contribution in [2.45, 2.75) is 32.2 Å². The van der Waals surface area contributed by atoms with E-state index in [1.54, 1.807) is 0 Å². The van der Waals surface area contributed by atoms with Crippen molar-refractivity contribution >= 4 is 17.5 Å². The van der Waals surface area contributed by atoms with E-state index in [1.807, 2.05) is 36.4 Å². The maximum absolute atomic E-state index is 12.5. The zero-order valence-electron chi connectivity index (χ0n) is 15.3. The Morgan fingerprint density at radius 2 is 1.88 bits per heavy atom. The minimum absolute atomic E-state index is 0.133. The van der Waals surface area contributed by atoms with Crippen molar-refractivity contribution in [1.82, 2.24) is 10.2 Å². The Morgan fingerprint density at radius 1 is 1.15 bits per heavy atom.